The Bertz CT molecular complexity index is 1020. The van der Waals surface area contributed by atoms with Crippen LogP contribution in [0.4, 0.5) is 11.4 Å². The maximum absolute atomic E-state index is 12.5. The summed E-state index contributed by atoms with van der Waals surface area (Å²) < 4.78 is 32.2. The van der Waals surface area contributed by atoms with Gasteiger partial charge in [0.2, 0.25) is 0 Å². The molecule has 0 radical (unpaired) electrons. The largest absolute Gasteiger partial charge is 0.497 e. The highest BCUT2D eigenvalue weighted by Crippen LogP contribution is 2.42. The Morgan fingerprint density at radius 1 is 1.23 bits per heavy atom. The van der Waals surface area contributed by atoms with Crippen molar-refractivity contribution in [3.8, 4) is 5.75 Å². The average molecular weight is 389 g/mol. The molecule has 0 fully saturated rings. The van der Waals surface area contributed by atoms with Crippen LogP contribution >= 0.6 is 11.8 Å². The van der Waals surface area contributed by atoms with E-state index in [0.29, 0.717) is 28.7 Å². The van der Waals surface area contributed by atoms with E-state index in [9.17, 15) is 13.2 Å². The van der Waals surface area contributed by atoms with Crippen LogP contribution in [0.2, 0.25) is 0 Å². The van der Waals surface area contributed by atoms with Crippen molar-refractivity contribution < 1.29 is 17.9 Å². The SMILES string of the molecule is COc1ccc(NC(=O)c2ccc3c(c2)SC2=NS(=O)(=O)CCN23)cc1. The molecular formula is C17H15N3O4S2. The average Bonchev–Trinajstić information content (AvgIpc) is 2.97. The summed E-state index contributed by atoms with van der Waals surface area (Å²) in [6.45, 7) is 0.374. The van der Waals surface area contributed by atoms with E-state index in [2.05, 4.69) is 9.71 Å². The summed E-state index contributed by atoms with van der Waals surface area (Å²) in [5.74, 6) is 0.471. The number of carbonyl (C=O) groups excluding carboxylic acids is 1. The van der Waals surface area contributed by atoms with Crippen LogP contribution in [0.15, 0.2) is 51.8 Å². The lowest BCUT2D eigenvalue weighted by atomic mass is 10.1. The van der Waals surface area contributed by atoms with E-state index in [0.717, 1.165) is 10.6 Å². The number of sulfonamides is 1. The smallest absolute Gasteiger partial charge is 0.257 e. The van der Waals surface area contributed by atoms with Gasteiger partial charge >= 0.3 is 0 Å². The minimum atomic E-state index is -3.39. The van der Waals surface area contributed by atoms with Crippen LogP contribution in [0.1, 0.15) is 10.4 Å². The van der Waals surface area contributed by atoms with Crippen molar-refractivity contribution in [1.29, 1.82) is 0 Å². The van der Waals surface area contributed by atoms with Gasteiger partial charge in [-0.3, -0.25) is 4.79 Å². The van der Waals surface area contributed by atoms with Crippen LogP contribution in [0, 0.1) is 0 Å². The molecule has 1 N–H and O–H groups in total. The quantitative estimate of drug-likeness (QED) is 0.868. The number of amidine groups is 1. The predicted molar refractivity (Wildman–Crippen MR) is 102 cm³/mol. The molecule has 134 valence electrons. The lowest BCUT2D eigenvalue weighted by molar-refractivity contribution is 0.102. The molecule has 0 saturated carbocycles. The number of benzene rings is 2. The molecule has 2 aliphatic heterocycles. The highest BCUT2D eigenvalue weighted by atomic mass is 32.2. The number of carbonyl (C=O) groups is 1. The second-order valence-electron chi connectivity index (χ2n) is 5.78. The summed E-state index contributed by atoms with van der Waals surface area (Å²) >= 11 is 1.27. The predicted octanol–water partition coefficient (Wildman–Crippen LogP) is 2.56. The molecule has 0 aromatic heterocycles. The van der Waals surface area contributed by atoms with E-state index in [1.807, 2.05) is 11.0 Å². The molecule has 2 aromatic carbocycles. The number of anilines is 2. The van der Waals surface area contributed by atoms with Crippen molar-refractivity contribution >= 4 is 44.2 Å². The molecule has 7 nitrogen and oxygen atoms in total. The second kappa shape index (κ2) is 6.33. The number of hydrogen-bond acceptors (Lipinski definition) is 6. The molecule has 0 saturated heterocycles. The minimum Gasteiger partial charge on any atom is -0.497 e. The van der Waals surface area contributed by atoms with Gasteiger partial charge in [-0.1, -0.05) is 0 Å². The first-order valence-corrected chi connectivity index (χ1v) is 10.3. The number of nitrogens with one attached hydrogen (secondary N) is 1. The van der Waals surface area contributed by atoms with E-state index in [1.54, 1.807) is 43.5 Å². The number of amides is 1. The van der Waals surface area contributed by atoms with Gasteiger partial charge in [-0.2, -0.15) is 0 Å². The molecular weight excluding hydrogens is 374 g/mol. The van der Waals surface area contributed by atoms with Gasteiger partial charge in [0.05, 0.1) is 18.6 Å². The van der Waals surface area contributed by atoms with Gasteiger partial charge in [-0.05, 0) is 54.2 Å². The first-order chi connectivity index (χ1) is 12.4. The van der Waals surface area contributed by atoms with Gasteiger partial charge in [-0.25, -0.2) is 8.42 Å². The molecule has 0 spiro atoms. The normalized spacial score (nSPS) is 17.1. The minimum absolute atomic E-state index is 0.00376. The fourth-order valence-corrected chi connectivity index (χ4v) is 5.05. The van der Waals surface area contributed by atoms with Crippen LogP contribution < -0.4 is 15.0 Å². The van der Waals surface area contributed by atoms with Crippen LogP contribution in [0.25, 0.3) is 0 Å². The Morgan fingerprint density at radius 3 is 2.73 bits per heavy atom. The number of methoxy groups -OCH3 is 1. The topological polar surface area (TPSA) is 88.1 Å². The summed E-state index contributed by atoms with van der Waals surface area (Å²) in [4.78, 5) is 15.2. The Balaban J connectivity index is 1.56. The Kier molecular flexibility index (Phi) is 4.12. The second-order valence-corrected chi connectivity index (χ2v) is 8.54. The highest BCUT2D eigenvalue weighted by Gasteiger charge is 2.33. The van der Waals surface area contributed by atoms with Crippen molar-refractivity contribution in [3.63, 3.8) is 0 Å². The molecule has 0 atom stereocenters. The van der Waals surface area contributed by atoms with Gasteiger partial charge < -0.3 is 15.0 Å². The third-order valence-electron chi connectivity index (χ3n) is 4.08. The first kappa shape index (κ1) is 16.9. The summed E-state index contributed by atoms with van der Waals surface area (Å²) in [7, 11) is -1.81. The number of ether oxygens (including phenoxy) is 1. The number of hydrogen-bond donors (Lipinski definition) is 1. The van der Waals surface area contributed by atoms with Crippen LogP contribution in [0.5, 0.6) is 5.75 Å². The van der Waals surface area contributed by atoms with Crippen molar-refractivity contribution in [2.75, 3.05) is 29.6 Å². The van der Waals surface area contributed by atoms with Gasteiger partial charge in [-0.15, -0.1) is 4.40 Å². The number of rotatable bonds is 3. The summed E-state index contributed by atoms with van der Waals surface area (Å²) in [5, 5.41) is 3.28. The summed E-state index contributed by atoms with van der Waals surface area (Å²) in [6.07, 6.45) is 0. The van der Waals surface area contributed by atoms with E-state index in [-0.39, 0.29) is 11.7 Å². The zero-order valence-electron chi connectivity index (χ0n) is 13.8. The zero-order valence-corrected chi connectivity index (χ0v) is 15.4. The summed E-state index contributed by atoms with van der Waals surface area (Å²) in [5.41, 5.74) is 2.04. The zero-order chi connectivity index (χ0) is 18.3. The monoisotopic (exact) mass is 389 g/mol. The maximum Gasteiger partial charge on any atom is 0.257 e. The molecule has 2 aromatic rings. The van der Waals surface area contributed by atoms with Gasteiger partial charge in [0, 0.05) is 22.7 Å². The molecule has 2 aliphatic rings. The van der Waals surface area contributed by atoms with Crippen LogP contribution in [0.3, 0.4) is 0 Å². The number of fused-ring (bicyclic) bond motifs is 3. The molecule has 26 heavy (non-hydrogen) atoms. The maximum atomic E-state index is 12.5. The van der Waals surface area contributed by atoms with Crippen molar-refractivity contribution in [3.05, 3.63) is 48.0 Å². The van der Waals surface area contributed by atoms with E-state index in [1.165, 1.54) is 11.8 Å². The standard InChI is InChI=1S/C17H15N3O4S2/c1-24-13-5-3-12(4-6-13)18-16(21)11-2-7-14-15(10-11)25-17-19-26(22,23)9-8-20(14)17/h2-7,10H,8-9H2,1H3,(H,18,21). The molecule has 0 aliphatic carbocycles. The van der Waals surface area contributed by atoms with Crippen LogP contribution in [-0.4, -0.2) is 38.9 Å². The van der Waals surface area contributed by atoms with Crippen molar-refractivity contribution in [2.45, 2.75) is 4.90 Å². The molecule has 9 heteroatoms. The van der Waals surface area contributed by atoms with Gasteiger partial charge in [0.1, 0.15) is 5.75 Å². The fraction of sp³-hybridized carbons (Fsp3) is 0.176. The lowest BCUT2D eigenvalue weighted by Gasteiger charge is -2.22. The lowest BCUT2D eigenvalue weighted by Crippen LogP contribution is -2.35. The third-order valence-corrected chi connectivity index (χ3v) is 6.39. The summed E-state index contributed by atoms with van der Waals surface area (Å²) in [6, 6.07) is 12.4. The Morgan fingerprint density at radius 2 is 2.00 bits per heavy atom. The van der Waals surface area contributed by atoms with Crippen molar-refractivity contribution in [1.82, 2.24) is 0 Å². The molecule has 0 unspecified atom stereocenters. The Labute approximate surface area is 155 Å². The van der Waals surface area contributed by atoms with Crippen molar-refractivity contribution in [2.24, 2.45) is 4.40 Å². The van der Waals surface area contributed by atoms with E-state index < -0.39 is 10.0 Å². The van der Waals surface area contributed by atoms with E-state index >= 15 is 0 Å². The van der Waals surface area contributed by atoms with Crippen LogP contribution in [-0.2, 0) is 10.0 Å². The molecule has 2 heterocycles. The van der Waals surface area contributed by atoms with Gasteiger partial charge in [0.15, 0.2) is 5.17 Å². The number of thioether (sulfide) groups is 1. The van der Waals surface area contributed by atoms with Gasteiger partial charge in [0.25, 0.3) is 15.9 Å². The molecule has 1 amide bonds. The Hall–Kier alpha value is -2.52. The number of nitrogens with zero attached hydrogens (tertiary/aromatic N) is 2. The fourth-order valence-electron chi connectivity index (χ4n) is 2.75. The first-order valence-electron chi connectivity index (χ1n) is 7.83. The molecule has 0 bridgehead atoms. The highest BCUT2D eigenvalue weighted by molar-refractivity contribution is 8.15. The third kappa shape index (κ3) is 3.15. The van der Waals surface area contributed by atoms with E-state index in [4.69, 9.17) is 4.74 Å². The molecule has 4 rings (SSSR count).